The predicted molar refractivity (Wildman–Crippen MR) is 93.1 cm³/mol. The summed E-state index contributed by atoms with van der Waals surface area (Å²) in [6.45, 7) is 1.84. The highest BCUT2D eigenvalue weighted by molar-refractivity contribution is 6.05. The third-order valence-corrected chi connectivity index (χ3v) is 3.31. The molecule has 0 unspecified atom stereocenters. The molecule has 2 aromatic rings. The van der Waals surface area contributed by atoms with E-state index >= 15 is 0 Å². The second kappa shape index (κ2) is 8.67. The van der Waals surface area contributed by atoms with E-state index in [1.807, 2.05) is 36.4 Å². The number of ether oxygens (including phenoxy) is 2. The zero-order valence-corrected chi connectivity index (χ0v) is 13.8. The van der Waals surface area contributed by atoms with Crippen molar-refractivity contribution in [3.63, 3.8) is 0 Å². The Morgan fingerprint density at radius 3 is 2.46 bits per heavy atom. The number of rotatable bonds is 8. The maximum Gasteiger partial charge on any atom is 0.163 e. The summed E-state index contributed by atoms with van der Waals surface area (Å²) in [6, 6.07) is 15.3. The summed E-state index contributed by atoms with van der Waals surface area (Å²) in [5.41, 5.74) is 1.87. The van der Waals surface area contributed by atoms with Gasteiger partial charge in [-0.15, -0.1) is 0 Å². The number of allylic oxidation sites excluding steroid dienone is 1. The summed E-state index contributed by atoms with van der Waals surface area (Å²) < 4.78 is 11.1. The molecule has 0 amide bonds. The smallest absolute Gasteiger partial charge is 0.163 e. The van der Waals surface area contributed by atoms with E-state index < -0.39 is 0 Å². The highest BCUT2D eigenvalue weighted by atomic mass is 16.5. The number of carbonyl (C=O) groups excluding carboxylic acids is 2. The van der Waals surface area contributed by atoms with Gasteiger partial charge in [0.25, 0.3) is 0 Å². The second-order valence-corrected chi connectivity index (χ2v) is 5.36. The Labute approximate surface area is 141 Å². The molecule has 0 heterocycles. The first-order valence-corrected chi connectivity index (χ1v) is 7.63. The minimum atomic E-state index is -0.217. The van der Waals surface area contributed by atoms with E-state index in [9.17, 15) is 9.59 Å². The molecule has 24 heavy (non-hydrogen) atoms. The van der Waals surface area contributed by atoms with Gasteiger partial charge in [-0.2, -0.15) is 0 Å². The van der Waals surface area contributed by atoms with Crippen molar-refractivity contribution in [2.75, 3.05) is 7.11 Å². The van der Waals surface area contributed by atoms with Crippen LogP contribution in [0.25, 0.3) is 6.08 Å². The molecule has 0 fully saturated rings. The molecule has 0 bridgehead atoms. The van der Waals surface area contributed by atoms with Crippen molar-refractivity contribution in [3.8, 4) is 11.5 Å². The molecule has 4 nitrogen and oxygen atoms in total. The Balaban J connectivity index is 2.05. The van der Waals surface area contributed by atoms with Gasteiger partial charge in [0.15, 0.2) is 17.3 Å². The van der Waals surface area contributed by atoms with E-state index in [0.717, 1.165) is 11.1 Å². The minimum absolute atomic E-state index is 0.0775. The first-order valence-electron chi connectivity index (χ1n) is 7.63. The molecule has 0 aromatic heterocycles. The maximum absolute atomic E-state index is 11.5. The molecule has 0 saturated carbocycles. The molecule has 4 heteroatoms. The third-order valence-electron chi connectivity index (χ3n) is 3.31. The predicted octanol–water partition coefficient (Wildman–Crippen LogP) is 3.84. The molecular weight excluding hydrogens is 304 g/mol. The van der Waals surface area contributed by atoms with E-state index in [0.29, 0.717) is 18.1 Å². The van der Waals surface area contributed by atoms with Crippen LogP contribution in [0.2, 0.25) is 0 Å². The van der Waals surface area contributed by atoms with Crippen molar-refractivity contribution < 1.29 is 19.1 Å². The molecular formula is C20H20O4. The third kappa shape index (κ3) is 5.39. The molecule has 0 aliphatic carbocycles. The fraction of sp³-hybridized carbons (Fsp3) is 0.200. The molecule has 124 valence electrons. The molecule has 0 N–H and O–H groups in total. The molecule has 0 atom stereocenters. The molecule has 2 rings (SSSR count). The minimum Gasteiger partial charge on any atom is -0.493 e. The van der Waals surface area contributed by atoms with Crippen LogP contribution in [0.1, 0.15) is 24.5 Å². The molecule has 2 aromatic carbocycles. The van der Waals surface area contributed by atoms with E-state index in [2.05, 4.69) is 0 Å². The summed E-state index contributed by atoms with van der Waals surface area (Å²) in [7, 11) is 1.57. The van der Waals surface area contributed by atoms with E-state index in [4.69, 9.17) is 9.47 Å². The standard InChI is InChI=1S/C20H20O4/c1-15(21)12-18(22)10-8-16-9-11-19(20(13-16)23-2)24-14-17-6-4-3-5-7-17/h3-11,13H,12,14H2,1-2H3/b10-8+. The van der Waals surface area contributed by atoms with Gasteiger partial charge in [-0.05, 0) is 36.3 Å². The fourth-order valence-corrected chi connectivity index (χ4v) is 2.14. The van der Waals surface area contributed by atoms with Crippen LogP contribution < -0.4 is 9.47 Å². The van der Waals surface area contributed by atoms with Crippen LogP contribution in [0.3, 0.4) is 0 Å². The van der Waals surface area contributed by atoms with Gasteiger partial charge >= 0.3 is 0 Å². The first kappa shape index (κ1) is 17.5. The zero-order valence-electron chi connectivity index (χ0n) is 13.8. The highest BCUT2D eigenvalue weighted by Crippen LogP contribution is 2.29. The Hall–Kier alpha value is -2.88. The average Bonchev–Trinajstić information content (AvgIpc) is 2.58. The number of hydrogen-bond acceptors (Lipinski definition) is 4. The van der Waals surface area contributed by atoms with Gasteiger partial charge in [-0.3, -0.25) is 9.59 Å². The quantitative estimate of drug-likeness (QED) is 0.547. The Bertz CT molecular complexity index is 733. The number of hydrogen-bond donors (Lipinski definition) is 0. The van der Waals surface area contributed by atoms with Crippen molar-refractivity contribution in [1.29, 1.82) is 0 Å². The van der Waals surface area contributed by atoms with Crippen molar-refractivity contribution in [1.82, 2.24) is 0 Å². The van der Waals surface area contributed by atoms with Crippen LogP contribution in [0.5, 0.6) is 11.5 Å². The SMILES string of the molecule is COc1cc(/C=C/C(=O)CC(C)=O)ccc1OCc1ccccc1. The van der Waals surface area contributed by atoms with Crippen molar-refractivity contribution in [2.45, 2.75) is 20.0 Å². The number of methoxy groups -OCH3 is 1. The topological polar surface area (TPSA) is 52.6 Å². The lowest BCUT2D eigenvalue weighted by Gasteiger charge is -2.11. The maximum atomic E-state index is 11.5. The first-order chi connectivity index (χ1) is 11.6. The van der Waals surface area contributed by atoms with Crippen LogP contribution >= 0.6 is 0 Å². The highest BCUT2D eigenvalue weighted by Gasteiger charge is 2.06. The largest absolute Gasteiger partial charge is 0.493 e. The van der Waals surface area contributed by atoms with Crippen molar-refractivity contribution in [3.05, 3.63) is 65.7 Å². The van der Waals surface area contributed by atoms with Gasteiger partial charge < -0.3 is 9.47 Å². The normalized spacial score (nSPS) is 10.6. The van der Waals surface area contributed by atoms with Gasteiger partial charge in [-0.1, -0.05) is 42.5 Å². The van der Waals surface area contributed by atoms with Crippen LogP contribution in [-0.4, -0.2) is 18.7 Å². The Morgan fingerprint density at radius 1 is 1.04 bits per heavy atom. The zero-order chi connectivity index (χ0) is 17.4. The van der Waals surface area contributed by atoms with Crippen LogP contribution in [0, 0.1) is 0 Å². The molecule has 0 radical (unpaired) electrons. The Kier molecular flexibility index (Phi) is 6.32. The number of ketones is 2. The average molecular weight is 324 g/mol. The molecule has 0 spiro atoms. The summed E-state index contributed by atoms with van der Waals surface area (Å²) in [6.07, 6.45) is 2.99. The Morgan fingerprint density at radius 2 is 1.79 bits per heavy atom. The van der Waals surface area contributed by atoms with Crippen molar-refractivity contribution in [2.24, 2.45) is 0 Å². The van der Waals surface area contributed by atoms with Gasteiger partial charge in [0.05, 0.1) is 13.5 Å². The fourth-order valence-electron chi connectivity index (χ4n) is 2.14. The lowest BCUT2D eigenvalue weighted by molar-refractivity contribution is -0.123. The van der Waals surface area contributed by atoms with Crippen LogP contribution in [-0.2, 0) is 16.2 Å². The number of Topliss-reactive ketones (excluding diaryl/α,β-unsaturated/α-hetero) is 1. The second-order valence-electron chi connectivity index (χ2n) is 5.36. The molecule has 0 saturated heterocycles. The van der Waals surface area contributed by atoms with E-state index in [-0.39, 0.29) is 18.0 Å². The van der Waals surface area contributed by atoms with Gasteiger partial charge in [0.1, 0.15) is 12.4 Å². The summed E-state index contributed by atoms with van der Waals surface area (Å²) in [5.74, 6) is 0.860. The van der Waals surface area contributed by atoms with E-state index in [1.165, 1.54) is 13.0 Å². The summed E-state index contributed by atoms with van der Waals surface area (Å²) >= 11 is 0. The monoisotopic (exact) mass is 324 g/mol. The molecule has 0 aliphatic heterocycles. The van der Waals surface area contributed by atoms with Crippen LogP contribution in [0.4, 0.5) is 0 Å². The van der Waals surface area contributed by atoms with Crippen LogP contribution in [0.15, 0.2) is 54.6 Å². The van der Waals surface area contributed by atoms with Gasteiger partial charge in [0, 0.05) is 0 Å². The molecule has 0 aliphatic rings. The number of carbonyl (C=O) groups is 2. The van der Waals surface area contributed by atoms with E-state index in [1.54, 1.807) is 25.3 Å². The lowest BCUT2D eigenvalue weighted by atomic mass is 10.1. The van der Waals surface area contributed by atoms with Crippen molar-refractivity contribution >= 4 is 17.6 Å². The van der Waals surface area contributed by atoms with Gasteiger partial charge in [0.2, 0.25) is 0 Å². The van der Waals surface area contributed by atoms with Gasteiger partial charge in [-0.25, -0.2) is 0 Å². The summed E-state index contributed by atoms with van der Waals surface area (Å²) in [4.78, 5) is 22.5. The summed E-state index contributed by atoms with van der Waals surface area (Å²) in [5, 5.41) is 0. The lowest BCUT2D eigenvalue weighted by Crippen LogP contribution is -2.00. The number of benzene rings is 2.